The molecule has 2 N–H and O–H groups in total. The number of benzene rings is 1. The first-order valence-corrected chi connectivity index (χ1v) is 5.88. The van der Waals surface area contributed by atoms with Crippen LogP contribution in [0.1, 0.15) is 22.3 Å². The Kier molecular flexibility index (Phi) is 4.35. The quantitative estimate of drug-likeness (QED) is 0.748. The largest absolute Gasteiger partial charge is 0.384 e. The average molecular weight is 245 g/mol. The highest BCUT2D eigenvalue weighted by Crippen LogP contribution is 2.10. The average Bonchev–Trinajstić information content (AvgIpc) is 2.89. The molecule has 0 spiro atoms. The zero-order chi connectivity index (χ0) is 12.8. The van der Waals surface area contributed by atoms with Crippen molar-refractivity contribution in [3.63, 3.8) is 0 Å². The van der Waals surface area contributed by atoms with Gasteiger partial charge in [-0.25, -0.2) is 0 Å². The van der Waals surface area contributed by atoms with E-state index in [1.54, 1.807) is 18.2 Å². The first-order valence-electron chi connectivity index (χ1n) is 5.88. The summed E-state index contributed by atoms with van der Waals surface area (Å²) in [5, 5.41) is 11.6. The Balaban J connectivity index is 2.13. The van der Waals surface area contributed by atoms with Crippen molar-refractivity contribution >= 4 is 5.91 Å². The van der Waals surface area contributed by atoms with Crippen LogP contribution in [0.2, 0.25) is 0 Å². The molecule has 0 saturated carbocycles. The second-order valence-electron chi connectivity index (χ2n) is 4.04. The molecular formula is C14H15NO3. The minimum atomic E-state index is -0.216. The Hall–Kier alpha value is -1.83. The summed E-state index contributed by atoms with van der Waals surface area (Å²) in [5.74, 6) is 5.19. The monoisotopic (exact) mass is 245 g/mol. The standard InChI is InChI=1S/C14H15NO3/c16-8-3-5-11-4-1-2-6-13(11)14(17)15-12-7-9-18-10-12/h1-2,4,6,12,16H,7-10H2,(H,15,17). The highest BCUT2D eigenvalue weighted by molar-refractivity contribution is 5.96. The minimum absolute atomic E-state index is 0.0800. The molecule has 4 nitrogen and oxygen atoms in total. The van der Waals surface area contributed by atoms with Crippen molar-refractivity contribution in [2.45, 2.75) is 12.5 Å². The summed E-state index contributed by atoms with van der Waals surface area (Å²) in [4.78, 5) is 12.1. The fourth-order valence-electron chi connectivity index (χ4n) is 1.84. The van der Waals surface area contributed by atoms with Gasteiger partial charge in [-0.05, 0) is 18.6 Å². The lowest BCUT2D eigenvalue weighted by molar-refractivity contribution is 0.0929. The molecule has 1 aliphatic rings. The van der Waals surface area contributed by atoms with E-state index in [0.717, 1.165) is 6.42 Å². The van der Waals surface area contributed by atoms with Crippen LogP contribution in [0.4, 0.5) is 0 Å². The topological polar surface area (TPSA) is 58.6 Å². The lowest BCUT2D eigenvalue weighted by Gasteiger charge is -2.11. The van der Waals surface area contributed by atoms with Gasteiger partial charge in [-0.3, -0.25) is 4.79 Å². The maximum atomic E-state index is 12.1. The molecule has 1 aliphatic heterocycles. The van der Waals surface area contributed by atoms with Gasteiger partial charge in [0.15, 0.2) is 0 Å². The number of aliphatic hydroxyl groups excluding tert-OH is 1. The number of ether oxygens (including phenoxy) is 1. The van der Waals surface area contributed by atoms with Crippen LogP contribution in [0.3, 0.4) is 0 Å². The van der Waals surface area contributed by atoms with Gasteiger partial charge < -0.3 is 15.2 Å². The Morgan fingerprint density at radius 1 is 1.50 bits per heavy atom. The lowest BCUT2D eigenvalue weighted by atomic mass is 10.1. The molecule has 1 saturated heterocycles. The zero-order valence-corrected chi connectivity index (χ0v) is 9.98. The SMILES string of the molecule is O=C(NC1CCOC1)c1ccccc1C#CCO. The van der Waals surface area contributed by atoms with Gasteiger partial charge >= 0.3 is 0 Å². The predicted octanol–water partition coefficient (Wildman–Crippen LogP) is 0.549. The predicted molar refractivity (Wildman–Crippen MR) is 67.1 cm³/mol. The van der Waals surface area contributed by atoms with Crippen molar-refractivity contribution in [1.82, 2.24) is 5.32 Å². The first-order chi connectivity index (χ1) is 8.81. The van der Waals surface area contributed by atoms with Gasteiger partial charge in [0, 0.05) is 12.2 Å². The summed E-state index contributed by atoms with van der Waals surface area (Å²) in [7, 11) is 0. The zero-order valence-electron chi connectivity index (χ0n) is 9.98. The molecule has 1 atom stereocenters. The Morgan fingerprint density at radius 2 is 2.33 bits per heavy atom. The number of aliphatic hydroxyl groups is 1. The van der Waals surface area contributed by atoms with E-state index < -0.39 is 0 Å². The number of hydrogen-bond acceptors (Lipinski definition) is 3. The first kappa shape index (κ1) is 12.6. The molecule has 1 amide bonds. The number of hydrogen-bond donors (Lipinski definition) is 2. The van der Waals surface area contributed by atoms with E-state index >= 15 is 0 Å². The summed E-state index contributed by atoms with van der Waals surface area (Å²) in [6.07, 6.45) is 0.843. The van der Waals surface area contributed by atoms with Crippen LogP contribution in [0.15, 0.2) is 24.3 Å². The van der Waals surface area contributed by atoms with Crippen LogP contribution in [-0.2, 0) is 4.74 Å². The van der Waals surface area contributed by atoms with Crippen molar-refractivity contribution in [1.29, 1.82) is 0 Å². The van der Waals surface area contributed by atoms with Gasteiger partial charge in [0.1, 0.15) is 6.61 Å². The molecule has 4 heteroatoms. The Morgan fingerprint density at radius 3 is 3.06 bits per heavy atom. The number of carbonyl (C=O) groups is 1. The summed E-state index contributed by atoms with van der Waals surface area (Å²) in [6, 6.07) is 7.19. The molecule has 0 aliphatic carbocycles. The van der Waals surface area contributed by atoms with E-state index in [-0.39, 0.29) is 18.6 Å². The molecule has 0 aromatic heterocycles. The third kappa shape index (κ3) is 3.10. The van der Waals surface area contributed by atoms with Gasteiger partial charge in [0.05, 0.1) is 18.2 Å². The fourth-order valence-corrected chi connectivity index (χ4v) is 1.84. The third-order valence-corrected chi connectivity index (χ3v) is 2.74. The Labute approximate surface area is 106 Å². The molecule has 18 heavy (non-hydrogen) atoms. The third-order valence-electron chi connectivity index (χ3n) is 2.74. The van der Waals surface area contributed by atoms with Gasteiger partial charge in [0.2, 0.25) is 0 Å². The number of carbonyl (C=O) groups excluding carboxylic acids is 1. The minimum Gasteiger partial charge on any atom is -0.384 e. The molecule has 0 bridgehead atoms. The van der Waals surface area contributed by atoms with Crippen LogP contribution >= 0.6 is 0 Å². The molecule has 1 unspecified atom stereocenters. The van der Waals surface area contributed by atoms with Crippen LogP contribution in [0, 0.1) is 11.8 Å². The normalized spacial score (nSPS) is 17.9. The second kappa shape index (κ2) is 6.20. The number of nitrogens with one attached hydrogen (secondary N) is 1. The molecule has 2 rings (SSSR count). The fraction of sp³-hybridized carbons (Fsp3) is 0.357. The van der Waals surface area contributed by atoms with Crippen molar-refractivity contribution in [2.24, 2.45) is 0 Å². The summed E-state index contributed by atoms with van der Waals surface area (Å²) in [6.45, 7) is 1.04. The van der Waals surface area contributed by atoms with E-state index in [9.17, 15) is 4.79 Å². The van der Waals surface area contributed by atoms with Gasteiger partial charge in [-0.2, -0.15) is 0 Å². The van der Waals surface area contributed by atoms with E-state index in [4.69, 9.17) is 9.84 Å². The van der Waals surface area contributed by atoms with E-state index in [2.05, 4.69) is 17.2 Å². The second-order valence-corrected chi connectivity index (χ2v) is 4.04. The summed E-state index contributed by atoms with van der Waals surface area (Å²) in [5.41, 5.74) is 1.16. The van der Waals surface area contributed by atoms with E-state index in [1.165, 1.54) is 0 Å². The molecule has 1 aromatic carbocycles. The molecule has 94 valence electrons. The molecular weight excluding hydrogens is 230 g/mol. The van der Waals surface area contributed by atoms with Crippen LogP contribution in [0.25, 0.3) is 0 Å². The van der Waals surface area contributed by atoms with Crippen LogP contribution in [-0.4, -0.2) is 36.9 Å². The summed E-state index contributed by atoms with van der Waals surface area (Å²) >= 11 is 0. The van der Waals surface area contributed by atoms with E-state index in [0.29, 0.717) is 24.3 Å². The smallest absolute Gasteiger partial charge is 0.252 e. The number of rotatable bonds is 2. The van der Waals surface area contributed by atoms with Crippen LogP contribution < -0.4 is 5.32 Å². The molecule has 1 aromatic rings. The Bertz CT molecular complexity index is 481. The number of amides is 1. The van der Waals surface area contributed by atoms with Crippen molar-refractivity contribution < 1.29 is 14.6 Å². The van der Waals surface area contributed by atoms with Crippen molar-refractivity contribution in [3.05, 3.63) is 35.4 Å². The van der Waals surface area contributed by atoms with E-state index in [1.807, 2.05) is 6.07 Å². The van der Waals surface area contributed by atoms with Crippen LogP contribution in [0.5, 0.6) is 0 Å². The van der Waals surface area contributed by atoms with Gasteiger partial charge in [-0.1, -0.05) is 24.0 Å². The van der Waals surface area contributed by atoms with Crippen molar-refractivity contribution in [3.8, 4) is 11.8 Å². The van der Waals surface area contributed by atoms with Gasteiger partial charge in [-0.15, -0.1) is 0 Å². The van der Waals surface area contributed by atoms with Gasteiger partial charge in [0.25, 0.3) is 5.91 Å². The van der Waals surface area contributed by atoms with Crippen molar-refractivity contribution in [2.75, 3.05) is 19.8 Å². The molecule has 1 fully saturated rings. The molecule has 1 heterocycles. The summed E-state index contributed by atoms with van der Waals surface area (Å²) < 4.78 is 5.21. The highest BCUT2D eigenvalue weighted by atomic mass is 16.5. The maximum absolute atomic E-state index is 12.1. The maximum Gasteiger partial charge on any atom is 0.252 e. The lowest BCUT2D eigenvalue weighted by Crippen LogP contribution is -2.35. The molecule has 0 radical (unpaired) electrons. The highest BCUT2D eigenvalue weighted by Gasteiger charge is 2.19.